The van der Waals surface area contributed by atoms with Gasteiger partial charge in [0.2, 0.25) is 5.91 Å². The summed E-state index contributed by atoms with van der Waals surface area (Å²) in [6.07, 6.45) is -0.587. The number of hydrogen-bond acceptors (Lipinski definition) is 2. The first-order chi connectivity index (χ1) is 7.77. The summed E-state index contributed by atoms with van der Waals surface area (Å²) in [4.78, 5) is 13.6. The zero-order chi connectivity index (χ0) is 13.6. The summed E-state index contributed by atoms with van der Waals surface area (Å²) < 4.78 is 0. The van der Waals surface area contributed by atoms with Gasteiger partial charge in [0.1, 0.15) is 0 Å². The Kier molecular flexibility index (Phi) is 6.46. The molecule has 1 amide bonds. The maximum Gasteiger partial charge on any atom is 0.225 e. The highest BCUT2D eigenvalue weighted by molar-refractivity contribution is 6.83. The van der Waals surface area contributed by atoms with Crippen LogP contribution >= 0.6 is 0 Å². The van der Waals surface area contributed by atoms with Gasteiger partial charge in [0.15, 0.2) is 0 Å². The number of nitrogens with zero attached hydrogens (tertiary/aromatic N) is 1. The molecule has 1 unspecified atom stereocenters. The van der Waals surface area contributed by atoms with E-state index in [0.29, 0.717) is 13.1 Å². The third-order valence-corrected chi connectivity index (χ3v) is 4.94. The number of hydrogen-bond donors (Lipinski definition) is 1. The summed E-state index contributed by atoms with van der Waals surface area (Å²) in [5.74, 6) is -0.00602. The second-order valence-corrected chi connectivity index (χ2v) is 10.2. The largest absolute Gasteiger partial charge is 0.388 e. The molecule has 0 aromatic carbocycles. The molecule has 0 saturated carbocycles. The van der Waals surface area contributed by atoms with Crippen molar-refractivity contribution in [2.45, 2.75) is 46.0 Å². The molecule has 0 radical (unpaired) electrons. The van der Waals surface area contributed by atoms with Crippen molar-refractivity contribution in [3.05, 3.63) is 17.5 Å². The first kappa shape index (κ1) is 16.2. The van der Waals surface area contributed by atoms with Gasteiger partial charge in [0, 0.05) is 13.1 Å². The average molecular weight is 255 g/mol. The van der Waals surface area contributed by atoms with Crippen LogP contribution in [0.3, 0.4) is 0 Å². The molecule has 0 bridgehead atoms. The molecule has 0 aliphatic heterocycles. The van der Waals surface area contributed by atoms with E-state index in [1.165, 1.54) is 0 Å². The molecule has 0 aromatic rings. The molecule has 4 heteroatoms. The SMILES string of the molecule is C=C=C(C(O)CC(=O)N(CC)CC)[Si](C)(C)C. The van der Waals surface area contributed by atoms with E-state index >= 15 is 0 Å². The molecule has 1 N–H and O–H groups in total. The summed E-state index contributed by atoms with van der Waals surface area (Å²) >= 11 is 0. The zero-order valence-corrected chi connectivity index (χ0v) is 12.7. The molecule has 0 heterocycles. The Balaban J connectivity index is 4.70. The Morgan fingerprint density at radius 3 is 2.12 bits per heavy atom. The van der Waals surface area contributed by atoms with Crippen LogP contribution in [0.25, 0.3) is 0 Å². The second-order valence-electron chi connectivity index (χ2n) is 5.13. The Labute approximate surface area is 106 Å². The molecule has 3 nitrogen and oxygen atoms in total. The fraction of sp³-hybridized carbons (Fsp3) is 0.692. The van der Waals surface area contributed by atoms with Gasteiger partial charge in [-0.3, -0.25) is 4.79 Å². The van der Waals surface area contributed by atoms with E-state index in [1.807, 2.05) is 13.8 Å². The Bertz CT molecular complexity index is 310. The molecule has 0 spiro atoms. The number of amides is 1. The maximum atomic E-state index is 11.9. The highest BCUT2D eigenvalue weighted by Crippen LogP contribution is 2.19. The molecule has 0 fully saturated rings. The van der Waals surface area contributed by atoms with E-state index < -0.39 is 14.2 Å². The molecular formula is C13H25NO2Si. The first-order valence-electron chi connectivity index (χ1n) is 6.14. The molecule has 0 aliphatic carbocycles. The minimum atomic E-state index is -1.65. The number of rotatable bonds is 6. The summed E-state index contributed by atoms with van der Waals surface area (Å²) in [5, 5.41) is 10.9. The van der Waals surface area contributed by atoms with E-state index in [2.05, 4.69) is 32.0 Å². The second kappa shape index (κ2) is 6.79. The lowest BCUT2D eigenvalue weighted by Crippen LogP contribution is -2.37. The fourth-order valence-electron chi connectivity index (χ4n) is 1.86. The molecular weight excluding hydrogens is 230 g/mol. The van der Waals surface area contributed by atoms with Crippen LogP contribution in [0, 0.1) is 0 Å². The highest BCUT2D eigenvalue weighted by Gasteiger charge is 2.28. The van der Waals surface area contributed by atoms with E-state index in [9.17, 15) is 9.90 Å². The third kappa shape index (κ3) is 4.90. The third-order valence-electron chi connectivity index (χ3n) is 2.82. The van der Waals surface area contributed by atoms with Crippen molar-refractivity contribution in [1.29, 1.82) is 0 Å². The highest BCUT2D eigenvalue weighted by atomic mass is 28.3. The summed E-state index contributed by atoms with van der Waals surface area (Å²) in [6, 6.07) is 0. The van der Waals surface area contributed by atoms with Crippen molar-refractivity contribution < 1.29 is 9.90 Å². The molecule has 17 heavy (non-hydrogen) atoms. The molecule has 0 aliphatic rings. The number of aliphatic hydroxyl groups excluding tert-OH is 1. The fourth-order valence-corrected chi connectivity index (χ4v) is 3.49. The quantitative estimate of drug-likeness (QED) is 0.584. The molecule has 0 saturated heterocycles. The van der Waals surface area contributed by atoms with Crippen molar-refractivity contribution in [2.75, 3.05) is 13.1 Å². The lowest BCUT2D eigenvalue weighted by molar-refractivity contribution is -0.132. The van der Waals surface area contributed by atoms with Crippen LogP contribution in [0.2, 0.25) is 19.6 Å². The van der Waals surface area contributed by atoms with Crippen molar-refractivity contribution >= 4 is 14.0 Å². The van der Waals surface area contributed by atoms with Crippen molar-refractivity contribution in [2.24, 2.45) is 0 Å². The van der Waals surface area contributed by atoms with E-state index in [4.69, 9.17) is 0 Å². The van der Waals surface area contributed by atoms with Gasteiger partial charge < -0.3 is 10.0 Å². The van der Waals surface area contributed by atoms with Gasteiger partial charge in [-0.15, -0.1) is 5.73 Å². The number of carbonyl (C=O) groups excluding carboxylic acids is 1. The first-order valence-corrected chi connectivity index (χ1v) is 9.64. The summed E-state index contributed by atoms with van der Waals surface area (Å²) in [6.45, 7) is 15.2. The van der Waals surface area contributed by atoms with Crippen LogP contribution in [-0.2, 0) is 4.79 Å². The standard InChI is InChI=1S/C13H25NO2Si/c1-7-12(17(4,5)6)11(15)10-13(16)14(8-2)9-3/h11,15H,1,8-10H2,2-6H3. The van der Waals surface area contributed by atoms with Crippen LogP contribution in [0.5, 0.6) is 0 Å². The van der Waals surface area contributed by atoms with Gasteiger partial charge in [0.05, 0.1) is 20.6 Å². The van der Waals surface area contributed by atoms with Crippen molar-refractivity contribution in [3.63, 3.8) is 0 Å². The lowest BCUT2D eigenvalue weighted by atomic mass is 10.2. The van der Waals surface area contributed by atoms with Gasteiger partial charge in [0.25, 0.3) is 0 Å². The Morgan fingerprint density at radius 2 is 1.82 bits per heavy atom. The van der Waals surface area contributed by atoms with Gasteiger partial charge in [-0.05, 0) is 19.0 Å². The normalized spacial score (nSPS) is 12.8. The maximum absolute atomic E-state index is 11.9. The molecule has 1 atom stereocenters. The average Bonchev–Trinajstić information content (AvgIpc) is 2.17. The van der Waals surface area contributed by atoms with E-state index in [1.54, 1.807) is 4.90 Å². The minimum Gasteiger partial charge on any atom is -0.388 e. The summed E-state index contributed by atoms with van der Waals surface area (Å²) in [5.41, 5.74) is 2.83. The van der Waals surface area contributed by atoms with E-state index in [-0.39, 0.29) is 12.3 Å². The van der Waals surface area contributed by atoms with Crippen molar-refractivity contribution in [3.8, 4) is 0 Å². The van der Waals surface area contributed by atoms with Crippen LogP contribution in [0.15, 0.2) is 17.5 Å². The molecule has 98 valence electrons. The zero-order valence-electron chi connectivity index (χ0n) is 11.7. The van der Waals surface area contributed by atoms with Gasteiger partial charge >= 0.3 is 0 Å². The van der Waals surface area contributed by atoms with Crippen LogP contribution in [0.1, 0.15) is 20.3 Å². The van der Waals surface area contributed by atoms with Crippen LogP contribution in [0.4, 0.5) is 0 Å². The van der Waals surface area contributed by atoms with Crippen LogP contribution in [-0.4, -0.2) is 43.2 Å². The van der Waals surface area contributed by atoms with Crippen molar-refractivity contribution in [1.82, 2.24) is 4.90 Å². The molecule has 0 rings (SSSR count). The van der Waals surface area contributed by atoms with Gasteiger partial charge in [-0.1, -0.05) is 26.2 Å². The number of aliphatic hydroxyl groups is 1. The Morgan fingerprint density at radius 1 is 1.35 bits per heavy atom. The number of carbonyl (C=O) groups is 1. The smallest absolute Gasteiger partial charge is 0.225 e. The molecule has 0 aromatic heterocycles. The van der Waals surface area contributed by atoms with E-state index in [0.717, 1.165) is 5.20 Å². The summed E-state index contributed by atoms with van der Waals surface area (Å²) in [7, 11) is -1.65. The monoisotopic (exact) mass is 255 g/mol. The lowest BCUT2D eigenvalue weighted by Gasteiger charge is -2.26. The van der Waals surface area contributed by atoms with Gasteiger partial charge in [-0.2, -0.15) is 0 Å². The predicted octanol–water partition coefficient (Wildman–Crippen LogP) is 2.19. The topological polar surface area (TPSA) is 40.5 Å². The Hall–Kier alpha value is -0.833. The minimum absolute atomic E-state index is 0.00602. The van der Waals surface area contributed by atoms with Crippen LogP contribution < -0.4 is 0 Å². The predicted molar refractivity (Wildman–Crippen MR) is 74.6 cm³/mol. The van der Waals surface area contributed by atoms with Gasteiger partial charge in [-0.25, -0.2) is 0 Å².